The topological polar surface area (TPSA) is 77.2 Å². The monoisotopic (exact) mass is 245 g/mol. The molecule has 2 N–H and O–H groups in total. The number of hydrogen-bond acceptors (Lipinski definition) is 3. The van der Waals surface area contributed by atoms with Gasteiger partial charge in [0.15, 0.2) is 6.29 Å². The molecule has 0 saturated heterocycles. The van der Waals surface area contributed by atoms with Gasteiger partial charge in [-0.25, -0.2) is 17.9 Å². The number of aldehydes is 1. The fourth-order valence-corrected chi connectivity index (χ4v) is 2.54. The number of halogens is 1. The summed E-state index contributed by atoms with van der Waals surface area (Å²) < 4.78 is 36.2. The molecule has 0 spiro atoms. The lowest BCUT2D eigenvalue weighted by Gasteiger charge is -2.14. The Bertz CT molecular complexity index is 499. The average Bonchev–Trinajstić information content (AvgIpc) is 2.19. The number of carbonyl (C=O) groups excluding carboxylic acids is 1. The summed E-state index contributed by atoms with van der Waals surface area (Å²) in [6, 6.07) is 4.03. The summed E-state index contributed by atoms with van der Waals surface area (Å²) in [6.07, 6.45) is 0.493. The molecule has 0 bridgehead atoms. The summed E-state index contributed by atoms with van der Waals surface area (Å²) in [5, 5.41) is 3.88. The van der Waals surface area contributed by atoms with Crippen LogP contribution in [0.25, 0.3) is 0 Å². The number of hydrogen-bond donors (Lipinski definition) is 1. The van der Waals surface area contributed by atoms with Crippen molar-refractivity contribution >= 4 is 16.3 Å². The minimum Gasteiger partial charge on any atom is -0.298 e. The summed E-state index contributed by atoms with van der Waals surface area (Å²) in [6.45, 7) is 1.59. The third-order valence-corrected chi connectivity index (χ3v) is 3.68. The van der Waals surface area contributed by atoms with Gasteiger partial charge in [-0.1, -0.05) is 19.1 Å². The first kappa shape index (κ1) is 12.8. The van der Waals surface area contributed by atoms with Gasteiger partial charge in [0, 0.05) is 5.56 Å². The molecule has 4 nitrogen and oxygen atoms in total. The molecule has 0 aliphatic heterocycles. The van der Waals surface area contributed by atoms with Gasteiger partial charge in [-0.05, 0) is 12.5 Å². The lowest BCUT2D eigenvalue weighted by atomic mass is 10.1. The molecular formula is C10H12FNO3S. The predicted octanol–water partition coefficient (Wildman–Crippen LogP) is 1.38. The Kier molecular flexibility index (Phi) is 3.77. The lowest BCUT2D eigenvalue weighted by molar-refractivity contribution is 0.111. The largest absolute Gasteiger partial charge is 0.298 e. The highest BCUT2D eigenvalue weighted by molar-refractivity contribution is 7.89. The molecule has 1 unspecified atom stereocenters. The van der Waals surface area contributed by atoms with Crippen LogP contribution in [0.5, 0.6) is 0 Å². The highest BCUT2D eigenvalue weighted by Gasteiger charge is 2.25. The molecule has 1 aromatic carbocycles. The van der Waals surface area contributed by atoms with E-state index in [-0.39, 0.29) is 17.5 Å². The van der Waals surface area contributed by atoms with Gasteiger partial charge in [0.05, 0.1) is 5.56 Å². The Morgan fingerprint density at radius 1 is 1.50 bits per heavy atom. The van der Waals surface area contributed by atoms with Crippen molar-refractivity contribution in [3.05, 3.63) is 35.1 Å². The summed E-state index contributed by atoms with van der Waals surface area (Å²) in [5.41, 5.74) is -0.228. The molecule has 0 heterocycles. The molecule has 0 aromatic heterocycles. The molecule has 0 radical (unpaired) electrons. The van der Waals surface area contributed by atoms with Crippen LogP contribution in [0.2, 0.25) is 0 Å². The Hall–Kier alpha value is -1.27. The van der Waals surface area contributed by atoms with Crippen LogP contribution in [0, 0.1) is 5.82 Å². The van der Waals surface area contributed by atoms with E-state index in [4.69, 9.17) is 5.14 Å². The van der Waals surface area contributed by atoms with Crippen LogP contribution < -0.4 is 5.14 Å². The number of primary sulfonamides is 1. The molecule has 0 saturated carbocycles. The zero-order valence-electron chi connectivity index (χ0n) is 8.68. The molecule has 0 fully saturated rings. The van der Waals surface area contributed by atoms with Crippen molar-refractivity contribution in [3.8, 4) is 0 Å². The van der Waals surface area contributed by atoms with Gasteiger partial charge < -0.3 is 0 Å². The quantitative estimate of drug-likeness (QED) is 0.814. The first-order valence-electron chi connectivity index (χ1n) is 4.67. The second-order valence-electron chi connectivity index (χ2n) is 3.35. The molecule has 88 valence electrons. The van der Waals surface area contributed by atoms with Crippen LogP contribution in [0.15, 0.2) is 18.2 Å². The summed E-state index contributed by atoms with van der Waals surface area (Å²) in [5.74, 6) is -0.821. The van der Waals surface area contributed by atoms with E-state index in [1.807, 2.05) is 0 Å². The zero-order chi connectivity index (χ0) is 12.3. The van der Waals surface area contributed by atoms with Gasteiger partial charge in [0.2, 0.25) is 10.0 Å². The second kappa shape index (κ2) is 4.71. The minimum atomic E-state index is -3.87. The van der Waals surface area contributed by atoms with Crippen molar-refractivity contribution in [1.29, 1.82) is 0 Å². The summed E-state index contributed by atoms with van der Waals surface area (Å²) in [7, 11) is -3.87. The Morgan fingerprint density at radius 3 is 2.56 bits per heavy atom. The van der Waals surface area contributed by atoms with Crippen LogP contribution in [-0.2, 0) is 10.0 Å². The summed E-state index contributed by atoms with van der Waals surface area (Å²) in [4.78, 5) is 10.5. The number of sulfonamides is 1. The van der Waals surface area contributed by atoms with Gasteiger partial charge in [-0.3, -0.25) is 4.79 Å². The number of benzene rings is 1. The van der Waals surface area contributed by atoms with Crippen molar-refractivity contribution in [2.45, 2.75) is 18.6 Å². The Balaban J connectivity index is 3.37. The first-order valence-corrected chi connectivity index (χ1v) is 6.28. The second-order valence-corrected chi connectivity index (χ2v) is 5.10. The van der Waals surface area contributed by atoms with E-state index in [9.17, 15) is 17.6 Å². The predicted molar refractivity (Wildman–Crippen MR) is 57.9 cm³/mol. The van der Waals surface area contributed by atoms with Crippen molar-refractivity contribution in [1.82, 2.24) is 0 Å². The van der Waals surface area contributed by atoms with Crippen LogP contribution in [0.3, 0.4) is 0 Å². The highest BCUT2D eigenvalue weighted by Crippen LogP contribution is 2.27. The van der Waals surface area contributed by atoms with Crippen LogP contribution in [0.4, 0.5) is 4.39 Å². The maximum absolute atomic E-state index is 13.7. The van der Waals surface area contributed by atoms with E-state index in [1.54, 1.807) is 6.92 Å². The van der Waals surface area contributed by atoms with E-state index < -0.39 is 21.1 Å². The zero-order valence-corrected chi connectivity index (χ0v) is 9.50. The van der Waals surface area contributed by atoms with E-state index in [0.29, 0.717) is 6.29 Å². The van der Waals surface area contributed by atoms with E-state index in [2.05, 4.69) is 0 Å². The van der Waals surface area contributed by atoms with Crippen LogP contribution >= 0.6 is 0 Å². The Labute approximate surface area is 93.3 Å². The summed E-state index contributed by atoms with van der Waals surface area (Å²) >= 11 is 0. The minimum absolute atomic E-state index is 0.0606. The Morgan fingerprint density at radius 2 is 2.12 bits per heavy atom. The molecule has 6 heteroatoms. The number of rotatable bonds is 4. The molecule has 0 aliphatic carbocycles. The number of carbonyl (C=O) groups is 1. The average molecular weight is 245 g/mol. The van der Waals surface area contributed by atoms with Gasteiger partial charge in [-0.15, -0.1) is 0 Å². The molecule has 1 atom stereocenters. The van der Waals surface area contributed by atoms with Gasteiger partial charge in [0.1, 0.15) is 11.1 Å². The normalized spacial score (nSPS) is 13.4. The van der Waals surface area contributed by atoms with E-state index in [0.717, 1.165) is 0 Å². The molecule has 0 aliphatic rings. The van der Waals surface area contributed by atoms with Gasteiger partial charge >= 0.3 is 0 Å². The number of nitrogens with two attached hydrogens (primary N) is 1. The van der Waals surface area contributed by atoms with Crippen molar-refractivity contribution in [2.75, 3.05) is 0 Å². The molecule has 1 aromatic rings. The fourth-order valence-electron chi connectivity index (χ4n) is 1.54. The van der Waals surface area contributed by atoms with Crippen molar-refractivity contribution in [2.24, 2.45) is 5.14 Å². The van der Waals surface area contributed by atoms with Gasteiger partial charge in [-0.2, -0.15) is 0 Å². The van der Waals surface area contributed by atoms with Crippen molar-refractivity contribution in [3.63, 3.8) is 0 Å². The SMILES string of the molecule is CCC(c1cccc(C=O)c1F)S(N)(=O)=O. The van der Waals surface area contributed by atoms with E-state index in [1.165, 1.54) is 18.2 Å². The third-order valence-electron chi connectivity index (χ3n) is 2.30. The standard InChI is InChI=1S/C10H12FNO3S/c1-2-9(16(12,14)15)8-5-3-4-7(6-13)10(8)11/h3-6,9H,2H2,1H3,(H2,12,14,15). The van der Waals surface area contributed by atoms with Gasteiger partial charge in [0.25, 0.3) is 0 Å². The fraction of sp³-hybridized carbons (Fsp3) is 0.300. The lowest BCUT2D eigenvalue weighted by Crippen LogP contribution is -2.22. The first-order chi connectivity index (χ1) is 7.41. The van der Waals surface area contributed by atoms with Crippen molar-refractivity contribution < 1.29 is 17.6 Å². The smallest absolute Gasteiger partial charge is 0.216 e. The molecular weight excluding hydrogens is 233 g/mol. The third kappa shape index (κ3) is 2.45. The molecule has 0 amide bonds. The highest BCUT2D eigenvalue weighted by atomic mass is 32.2. The van der Waals surface area contributed by atoms with E-state index >= 15 is 0 Å². The molecule has 1 rings (SSSR count). The van der Waals surface area contributed by atoms with Crippen LogP contribution in [-0.4, -0.2) is 14.7 Å². The maximum atomic E-state index is 13.7. The molecule has 16 heavy (non-hydrogen) atoms. The maximum Gasteiger partial charge on any atom is 0.216 e. The van der Waals surface area contributed by atoms with Crippen LogP contribution in [0.1, 0.15) is 34.5 Å².